The maximum Gasteiger partial charge on any atom is 0.306 e. The zero-order valence-electron chi connectivity index (χ0n) is 19.1. The third-order valence-corrected chi connectivity index (χ3v) is 5.85. The number of fused-ring (bicyclic) bond motifs is 2. The summed E-state index contributed by atoms with van der Waals surface area (Å²) in [5, 5.41) is 6.90. The normalized spacial score (nSPS) is 12.0. The first-order chi connectivity index (χ1) is 17.5. The van der Waals surface area contributed by atoms with Crippen LogP contribution in [0.25, 0.3) is 5.69 Å². The first kappa shape index (κ1) is 22.9. The van der Waals surface area contributed by atoms with Gasteiger partial charge in [-0.05, 0) is 42.3 Å². The number of hydrogen-bond acceptors (Lipinski definition) is 6. The van der Waals surface area contributed by atoms with Crippen molar-refractivity contribution in [2.45, 2.75) is 12.8 Å². The minimum atomic E-state index is -0.546. The molecule has 1 amide bonds. The molecule has 0 radical (unpaired) electrons. The number of rotatable bonds is 7. The number of aromatic nitrogens is 2. The van der Waals surface area contributed by atoms with Gasteiger partial charge >= 0.3 is 5.97 Å². The number of para-hydroxylation sites is 1. The summed E-state index contributed by atoms with van der Waals surface area (Å²) >= 11 is 0. The minimum absolute atomic E-state index is 0.0998. The van der Waals surface area contributed by atoms with Gasteiger partial charge in [-0.15, -0.1) is 0 Å². The van der Waals surface area contributed by atoms with Gasteiger partial charge < -0.3 is 10.1 Å². The Balaban J connectivity index is 1.14. The molecule has 0 saturated carbocycles. The van der Waals surface area contributed by atoms with Gasteiger partial charge in [0.2, 0.25) is 0 Å². The molecule has 0 spiro atoms. The van der Waals surface area contributed by atoms with Crippen LogP contribution in [0.4, 0.5) is 5.69 Å². The summed E-state index contributed by atoms with van der Waals surface area (Å²) in [4.78, 5) is 50.0. The molecule has 1 N–H and O–H groups in total. The zero-order chi connectivity index (χ0) is 25.1. The minimum Gasteiger partial charge on any atom is -0.456 e. The van der Waals surface area contributed by atoms with E-state index in [1.165, 1.54) is 12.1 Å². The van der Waals surface area contributed by atoms with Crippen LogP contribution in [-0.2, 0) is 20.7 Å². The second-order valence-corrected chi connectivity index (χ2v) is 8.30. The van der Waals surface area contributed by atoms with E-state index in [2.05, 4.69) is 10.4 Å². The molecule has 1 aliphatic rings. The van der Waals surface area contributed by atoms with Crippen molar-refractivity contribution in [3.63, 3.8) is 0 Å². The number of nitrogens with zero attached hydrogens (tertiary/aromatic N) is 2. The average Bonchev–Trinajstić information content (AvgIpc) is 3.39. The standard InChI is InChI=1S/C28H21N3O5/c32-25(17-36-26(33)13-10-18-15-29-31(16-18)20-6-2-1-3-7-20)30-19-11-12-23-24(14-19)28(35)22-9-5-4-8-21(22)27(23)34/h1-9,11-12,14-16H,10,13,17H2,(H,30,32). The van der Waals surface area contributed by atoms with Crippen LogP contribution in [0.5, 0.6) is 0 Å². The van der Waals surface area contributed by atoms with Crippen molar-refractivity contribution in [2.75, 3.05) is 11.9 Å². The highest BCUT2D eigenvalue weighted by molar-refractivity contribution is 6.28. The van der Waals surface area contributed by atoms with Crippen LogP contribution in [-0.4, -0.2) is 39.8 Å². The molecule has 1 aromatic heterocycles. The number of ketones is 2. The van der Waals surface area contributed by atoms with Crippen molar-refractivity contribution < 1.29 is 23.9 Å². The first-order valence-corrected chi connectivity index (χ1v) is 11.4. The van der Waals surface area contributed by atoms with Gasteiger partial charge in [0.15, 0.2) is 18.2 Å². The molecule has 0 fully saturated rings. The molecular weight excluding hydrogens is 458 g/mol. The van der Waals surface area contributed by atoms with Crippen molar-refractivity contribution >= 4 is 29.1 Å². The lowest BCUT2D eigenvalue weighted by molar-refractivity contribution is -0.147. The summed E-state index contributed by atoms with van der Waals surface area (Å²) in [6, 6.07) is 20.8. The topological polar surface area (TPSA) is 107 Å². The van der Waals surface area contributed by atoms with Crippen molar-refractivity contribution in [1.82, 2.24) is 9.78 Å². The Bertz CT molecular complexity index is 1490. The number of aryl methyl sites for hydroxylation is 1. The Hall–Kier alpha value is -4.85. The van der Waals surface area contributed by atoms with Crippen LogP contribution >= 0.6 is 0 Å². The fourth-order valence-electron chi connectivity index (χ4n) is 4.05. The van der Waals surface area contributed by atoms with Crippen LogP contribution in [0, 0.1) is 0 Å². The quantitative estimate of drug-likeness (QED) is 0.356. The van der Waals surface area contributed by atoms with Crippen molar-refractivity contribution in [3.05, 3.63) is 113 Å². The van der Waals surface area contributed by atoms with E-state index in [1.54, 1.807) is 41.2 Å². The second kappa shape index (κ2) is 9.79. The predicted octanol–water partition coefficient (Wildman–Crippen LogP) is 3.76. The number of benzene rings is 3. The van der Waals surface area contributed by atoms with Gasteiger partial charge in [-0.3, -0.25) is 19.2 Å². The van der Waals surface area contributed by atoms with E-state index >= 15 is 0 Å². The predicted molar refractivity (Wildman–Crippen MR) is 131 cm³/mol. The molecule has 36 heavy (non-hydrogen) atoms. The lowest BCUT2D eigenvalue weighted by Crippen LogP contribution is -2.23. The molecule has 0 atom stereocenters. The number of carbonyl (C=O) groups excluding carboxylic acids is 4. The summed E-state index contributed by atoms with van der Waals surface area (Å²) in [6.45, 7) is -0.463. The molecular formula is C28H21N3O5. The van der Waals surface area contributed by atoms with Crippen molar-refractivity contribution in [2.24, 2.45) is 0 Å². The maximum atomic E-state index is 12.8. The molecule has 0 unspecified atom stereocenters. The summed E-state index contributed by atoms with van der Waals surface area (Å²) in [6.07, 6.45) is 4.06. The fraction of sp³-hybridized carbons (Fsp3) is 0.107. The maximum absolute atomic E-state index is 12.8. The zero-order valence-corrected chi connectivity index (χ0v) is 19.1. The van der Waals surface area contributed by atoms with Crippen LogP contribution in [0.2, 0.25) is 0 Å². The van der Waals surface area contributed by atoms with Gasteiger partial charge in [-0.25, -0.2) is 4.68 Å². The molecule has 8 nitrogen and oxygen atoms in total. The number of ether oxygens (including phenoxy) is 1. The number of carbonyl (C=O) groups is 4. The van der Waals surface area contributed by atoms with E-state index in [1.807, 2.05) is 36.5 Å². The average molecular weight is 479 g/mol. The summed E-state index contributed by atoms with van der Waals surface area (Å²) in [5.41, 5.74) is 3.34. The van der Waals surface area contributed by atoms with E-state index < -0.39 is 18.5 Å². The number of anilines is 1. The summed E-state index contributed by atoms with van der Waals surface area (Å²) < 4.78 is 6.81. The van der Waals surface area contributed by atoms with Crippen molar-refractivity contribution in [3.8, 4) is 5.69 Å². The highest BCUT2D eigenvalue weighted by Crippen LogP contribution is 2.29. The Morgan fingerprint density at radius 3 is 2.25 bits per heavy atom. The van der Waals surface area contributed by atoms with E-state index in [-0.39, 0.29) is 23.6 Å². The molecule has 178 valence electrons. The Morgan fingerprint density at radius 2 is 1.50 bits per heavy atom. The molecule has 0 bridgehead atoms. The lowest BCUT2D eigenvalue weighted by atomic mass is 9.84. The summed E-state index contributed by atoms with van der Waals surface area (Å²) in [5.74, 6) is -1.57. The molecule has 4 aromatic rings. The van der Waals surface area contributed by atoms with Gasteiger partial charge in [-0.2, -0.15) is 5.10 Å². The second-order valence-electron chi connectivity index (χ2n) is 8.30. The van der Waals surface area contributed by atoms with Crippen LogP contribution in [0.3, 0.4) is 0 Å². The Labute approximate surface area is 206 Å². The number of hydrogen-bond donors (Lipinski definition) is 1. The van der Waals surface area contributed by atoms with E-state index in [9.17, 15) is 19.2 Å². The molecule has 3 aromatic carbocycles. The molecule has 1 aliphatic carbocycles. The third-order valence-electron chi connectivity index (χ3n) is 5.85. The number of amides is 1. The first-order valence-electron chi connectivity index (χ1n) is 11.4. The largest absolute Gasteiger partial charge is 0.456 e. The van der Waals surface area contributed by atoms with Gasteiger partial charge in [0.25, 0.3) is 5.91 Å². The molecule has 0 aliphatic heterocycles. The smallest absolute Gasteiger partial charge is 0.306 e. The van der Waals surface area contributed by atoms with Crippen LogP contribution in [0.1, 0.15) is 43.8 Å². The fourth-order valence-corrected chi connectivity index (χ4v) is 4.05. The van der Waals surface area contributed by atoms with Gasteiger partial charge in [-0.1, -0.05) is 42.5 Å². The van der Waals surface area contributed by atoms with Gasteiger partial charge in [0.1, 0.15) is 0 Å². The number of esters is 1. The van der Waals surface area contributed by atoms with Crippen molar-refractivity contribution in [1.29, 1.82) is 0 Å². The Kier molecular flexibility index (Phi) is 6.23. The summed E-state index contributed by atoms with van der Waals surface area (Å²) in [7, 11) is 0. The third kappa shape index (κ3) is 4.69. The van der Waals surface area contributed by atoms with E-state index in [0.717, 1.165) is 11.3 Å². The highest BCUT2D eigenvalue weighted by Gasteiger charge is 2.29. The van der Waals surface area contributed by atoms with E-state index in [0.29, 0.717) is 28.8 Å². The lowest BCUT2D eigenvalue weighted by Gasteiger charge is -2.18. The van der Waals surface area contributed by atoms with Crippen LogP contribution < -0.4 is 5.32 Å². The highest BCUT2D eigenvalue weighted by atomic mass is 16.5. The van der Waals surface area contributed by atoms with Gasteiger partial charge in [0.05, 0.1) is 11.9 Å². The van der Waals surface area contributed by atoms with E-state index in [4.69, 9.17) is 4.74 Å². The van der Waals surface area contributed by atoms with Crippen LogP contribution in [0.15, 0.2) is 85.2 Å². The monoisotopic (exact) mass is 479 g/mol. The molecule has 0 saturated heterocycles. The SMILES string of the molecule is O=C(COC(=O)CCc1cnn(-c2ccccc2)c1)Nc1ccc2c(c1)C(=O)c1ccccc1C2=O. The molecule has 8 heteroatoms. The van der Waals surface area contributed by atoms with Gasteiger partial charge in [0, 0.05) is 40.6 Å². The molecule has 5 rings (SSSR count). The Morgan fingerprint density at radius 1 is 0.833 bits per heavy atom. The molecule has 1 heterocycles. The number of nitrogens with one attached hydrogen (secondary N) is 1.